The molecule has 0 N–H and O–H groups in total. The average molecular weight is 2060 g/mol. The summed E-state index contributed by atoms with van der Waals surface area (Å²) in [6.07, 6.45) is -39.5. The summed E-state index contributed by atoms with van der Waals surface area (Å²) < 4.78 is 396. The van der Waals surface area contributed by atoms with E-state index >= 15 is 0 Å². The summed E-state index contributed by atoms with van der Waals surface area (Å²) in [5.41, 5.74) is -10.6. The minimum atomic E-state index is -4.94. The Bertz CT molecular complexity index is 7730. The molecule has 0 fully saturated rings. The van der Waals surface area contributed by atoms with Gasteiger partial charge in [-0.05, 0) is 307 Å². The SMILES string of the molecule is FC(F)(F)c1cccc(Oc2cc3cc4c(cc3cc2Oc2cccc(C(F)(F)F)c2)-c2nc-4nc3[n-]c(nc4nc(nc5[n-]c(n2)c2cc6cc(Oc7cccc(C(F)(F)F)c7)c(Oc7cccc(C(F)(F)F)c7)cc6cc52)-c2cc5cc(Oc6cccc(C(F)(F)F)c6)c(Oc6cccc(C(F)(F)F)c6)cc5cc2-4)c2cc4cc(Oc5cccc(C(F)(F)F)c5)c(Oc5cccc(C(F)(F)F)c5)cc4cc32)c1.[Cu+2]. The van der Waals surface area contributed by atoms with Crippen molar-refractivity contribution in [3.8, 4) is 138 Å². The summed E-state index contributed by atoms with van der Waals surface area (Å²) in [5, 5.41) is 0.917. The molecule has 0 saturated carbocycles. The third-order valence-corrected chi connectivity index (χ3v) is 22.9. The molecule has 0 saturated heterocycles. The molecule has 21 rings (SSSR count). The van der Waals surface area contributed by atoms with Crippen LogP contribution in [0.3, 0.4) is 0 Å². The van der Waals surface area contributed by atoms with Crippen LogP contribution >= 0.6 is 0 Å². The van der Waals surface area contributed by atoms with E-state index in [9.17, 15) is 105 Å². The van der Waals surface area contributed by atoms with Crippen LogP contribution in [0.2, 0.25) is 0 Å². The molecule has 0 unspecified atom stereocenters. The molecular weight excluding hydrogens is 2010 g/mol. The number of rotatable bonds is 16. The zero-order valence-corrected chi connectivity index (χ0v) is 72.9. The molecule has 1 radical (unpaired) electrons. The molecule has 0 amide bonds. The van der Waals surface area contributed by atoms with Gasteiger partial charge in [0, 0.05) is 44.8 Å². The first-order chi connectivity index (χ1) is 68.2. The van der Waals surface area contributed by atoms with Gasteiger partial charge in [-0.15, -0.1) is 0 Å². The van der Waals surface area contributed by atoms with Gasteiger partial charge in [0.05, 0.1) is 67.8 Å². The van der Waals surface area contributed by atoms with E-state index in [4.69, 9.17) is 77.8 Å². The second kappa shape index (κ2) is 35.4. The van der Waals surface area contributed by atoms with Crippen molar-refractivity contribution in [2.24, 2.45) is 0 Å². The Hall–Kier alpha value is -16.8. The minimum Gasteiger partial charge on any atom is -0.453 e. The van der Waals surface area contributed by atoms with Gasteiger partial charge < -0.3 is 67.8 Å². The Morgan fingerprint density at radius 1 is 0.166 bits per heavy atom. The Morgan fingerprint density at radius 3 is 0.441 bits per heavy atom. The second-order valence-electron chi connectivity index (χ2n) is 32.7. The van der Waals surface area contributed by atoms with Gasteiger partial charge in [0.15, 0.2) is 46.0 Å². The van der Waals surface area contributed by atoms with Crippen LogP contribution in [0.1, 0.15) is 44.5 Å². The zero-order chi connectivity index (χ0) is 101. The first-order valence-corrected chi connectivity index (χ1v) is 42.2. The monoisotopic (exact) mass is 2060 g/mol. The third-order valence-electron chi connectivity index (χ3n) is 22.9. The topological polar surface area (TPSA) is 179 Å². The molecular formula is C104H48CuF24N8O8. The van der Waals surface area contributed by atoms with E-state index in [1.807, 2.05) is 0 Å². The number of aromatic nitrogens is 8. The predicted octanol–water partition coefficient (Wildman–Crippen LogP) is 33.2. The van der Waals surface area contributed by atoms with Gasteiger partial charge in [-0.1, -0.05) is 48.5 Å². The van der Waals surface area contributed by atoms with Gasteiger partial charge in [-0.25, -0.2) is 9.97 Å². The summed E-state index contributed by atoms with van der Waals surface area (Å²) in [7, 11) is 0. The van der Waals surface area contributed by atoms with Crippen molar-refractivity contribution in [2.45, 2.75) is 49.4 Å². The summed E-state index contributed by atoms with van der Waals surface area (Å²) in [6, 6.07) is 50.1. The fraction of sp³-hybridized carbons (Fsp3) is 0.0769. The standard InChI is InChI=1S/C104H48F24N8O8.Cu/c105-97(106,107)57-9-1-17-65(41-57)137-81-33-49-25-73-74(26-50(49)34-82(81)138-66-18-2-10-58(42-66)98(108,109)110)90-129-89(73)133-91-75-27-51-35-83(139-67-19-3-11-59(43-67)99(111,112)113)84(140-68-20-4-12-60(44-68)100(114,115)116)36-52(51)28-76(75)93(130-91)135-95-79-31-55-39-87(143-71-23-7-15-63(47-71)103(123,124)125)88(144-72-24-8-16-64(48-72)104(126,127)128)40-56(55)32-80(79)96(132-95)136-94-78-30-54-38-86(142-70-22-6-14-62(46-70)102(120,121)122)85(37-53(54)29-77(78)92(131-94)134-90)141-69-21-5-13-61(45-69)101(117,118)119;/h1-48H;/q-2;+2. The van der Waals surface area contributed by atoms with Crippen LogP contribution in [0.25, 0.3) is 133 Å². The normalized spacial score (nSPS) is 12.6. The number of hydrogen-bond donors (Lipinski definition) is 0. The largest absolute Gasteiger partial charge is 2.00 e. The molecule has 19 aromatic rings. The molecule has 41 heteroatoms. The number of fused-ring (bicyclic) bond motifs is 24. The van der Waals surface area contributed by atoms with Gasteiger partial charge >= 0.3 is 66.5 Å². The maximum absolute atomic E-state index is 14.5. The summed E-state index contributed by atoms with van der Waals surface area (Å²) in [5.74, 6) is -8.05. The van der Waals surface area contributed by atoms with E-state index in [-0.39, 0.29) is 150 Å². The predicted molar refractivity (Wildman–Crippen MR) is 476 cm³/mol. The van der Waals surface area contributed by atoms with Gasteiger partial charge in [-0.2, -0.15) is 105 Å². The number of hydrogen-bond acceptors (Lipinski definition) is 14. The van der Waals surface area contributed by atoms with Gasteiger partial charge in [0.2, 0.25) is 0 Å². The van der Waals surface area contributed by atoms with Gasteiger partial charge in [0.25, 0.3) is 0 Å². The van der Waals surface area contributed by atoms with E-state index < -0.39 is 186 Å². The number of alkyl halides is 24. The maximum atomic E-state index is 14.5. The molecule has 8 bridgehead atoms. The molecule has 5 heterocycles. The van der Waals surface area contributed by atoms with E-state index in [2.05, 4.69) is 0 Å². The van der Waals surface area contributed by atoms with Crippen molar-refractivity contribution in [3.05, 3.63) is 336 Å². The van der Waals surface area contributed by atoms with Gasteiger partial charge in [-0.3, -0.25) is 0 Å². The maximum Gasteiger partial charge on any atom is 2.00 e. The summed E-state index contributed by atoms with van der Waals surface area (Å²) in [6.45, 7) is 0. The average Bonchev–Trinajstić information content (AvgIpc) is 1.58. The third kappa shape index (κ3) is 19.6. The first-order valence-electron chi connectivity index (χ1n) is 42.2. The summed E-state index contributed by atoms with van der Waals surface area (Å²) >= 11 is 0. The van der Waals surface area contributed by atoms with Crippen molar-refractivity contribution in [1.82, 2.24) is 39.9 Å². The Labute approximate surface area is 806 Å². The minimum absolute atomic E-state index is 0. The molecule has 2 aliphatic heterocycles. The Kier molecular flexibility index (Phi) is 23.4. The fourth-order valence-electron chi connectivity index (χ4n) is 16.2. The van der Waals surface area contributed by atoms with E-state index in [0.717, 1.165) is 146 Å². The van der Waals surface area contributed by atoms with E-state index in [0.29, 0.717) is 48.5 Å². The van der Waals surface area contributed by atoms with Gasteiger partial charge in [0.1, 0.15) is 46.0 Å². The molecule has 3 aromatic heterocycles. The molecule has 145 heavy (non-hydrogen) atoms. The Morgan fingerprint density at radius 2 is 0.303 bits per heavy atom. The van der Waals surface area contributed by atoms with Crippen LogP contribution in [0.15, 0.2) is 291 Å². The number of ether oxygens (including phenoxy) is 8. The molecule has 731 valence electrons. The first kappa shape index (κ1) is 95.7. The summed E-state index contributed by atoms with van der Waals surface area (Å²) in [4.78, 5) is 40.7. The second-order valence-corrected chi connectivity index (χ2v) is 32.7. The van der Waals surface area contributed by atoms with Crippen LogP contribution < -0.4 is 47.9 Å². The van der Waals surface area contributed by atoms with Crippen LogP contribution in [0.5, 0.6) is 92.0 Å². The zero-order valence-electron chi connectivity index (χ0n) is 71.9. The smallest absolute Gasteiger partial charge is 0.453 e. The molecule has 0 aliphatic carbocycles. The molecule has 16 aromatic carbocycles. The van der Waals surface area contributed by atoms with Crippen LogP contribution in [-0.4, -0.2) is 29.9 Å². The molecule has 0 atom stereocenters. The van der Waals surface area contributed by atoms with Crippen molar-refractivity contribution in [3.63, 3.8) is 0 Å². The van der Waals surface area contributed by atoms with Crippen LogP contribution in [0, 0.1) is 0 Å². The quantitative estimate of drug-likeness (QED) is 0.0658. The van der Waals surface area contributed by atoms with Crippen molar-refractivity contribution < 1.29 is 160 Å². The van der Waals surface area contributed by atoms with Crippen molar-refractivity contribution >= 4 is 87.2 Å². The van der Waals surface area contributed by atoms with E-state index in [1.165, 1.54) is 97.1 Å². The molecule has 0 spiro atoms. The molecule has 16 nitrogen and oxygen atoms in total. The molecule has 2 aliphatic rings. The van der Waals surface area contributed by atoms with E-state index in [1.54, 1.807) is 0 Å². The van der Waals surface area contributed by atoms with Crippen molar-refractivity contribution in [1.29, 1.82) is 0 Å². The number of halogens is 24. The fourth-order valence-corrected chi connectivity index (χ4v) is 16.2. The van der Waals surface area contributed by atoms with Crippen LogP contribution in [0.4, 0.5) is 105 Å². The van der Waals surface area contributed by atoms with Crippen molar-refractivity contribution in [2.75, 3.05) is 0 Å². The number of benzene rings is 16. The number of nitrogens with zero attached hydrogens (tertiary/aromatic N) is 8. The Balaban J connectivity index is 0.0000128. The van der Waals surface area contributed by atoms with Crippen LogP contribution in [-0.2, 0) is 66.5 Å².